The summed E-state index contributed by atoms with van der Waals surface area (Å²) in [5.41, 5.74) is 0. The van der Waals surface area contributed by atoms with Crippen molar-refractivity contribution in [3.8, 4) is 0 Å². The second kappa shape index (κ2) is 10.3. The second-order valence-corrected chi connectivity index (χ2v) is 9.19. The molecule has 4 nitrogen and oxygen atoms in total. The third kappa shape index (κ3) is 5.99. The fourth-order valence-corrected chi connectivity index (χ4v) is 4.59. The molecule has 0 amide bonds. The van der Waals surface area contributed by atoms with Crippen molar-refractivity contribution in [2.24, 2.45) is 35.5 Å². The third-order valence-electron chi connectivity index (χ3n) is 5.86. The number of rotatable bonds is 9. The molecular formula is C22H38O4. The molecule has 2 unspecified atom stereocenters. The van der Waals surface area contributed by atoms with Crippen molar-refractivity contribution in [2.75, 3.05) is 13.2 Å². The van der Waals surface area contributed by atoms with Crippen LogP contribution in [-0.2, 0) is 19.1 Å². The smallest absolute Gasteiger partial charge is 0.310 e. The number of ether oxygens (including phenoxy) is 2. The summed E-state index contributed by atoms with van der Waals surface area (Å²) in [6.07, 6.45) is 8.72. The highest BCUT2D eigenvalue weighted by Crippen LogP contribution is 2.43. The Kier molecular flexibility index (Phi) is 8.43. The van der Waals surface area contributed by atoms with E-state index >= 15 is 0 Å². The van der Waals surface area contributed by atoms with Gasteiger partial charge in [0, 0.05) is 0 Å². The number of esters is 2. The summed E-state index contributed by atoms with van der Waals surface area (Å²) in [7, 11) is 0. The van der Waals surface area contributed by atoms with Crippen LogP contribution in [0.25, 0.3) is 0 Å². The molecule has 26 heavy (non-hydrogen) atoms. The van der Waals surface area contributed by atoms with E-state index in [1.165, 1.54) is 0 Å². The van der Waals surface area contributed by atoms with E-state index in [9.17, 15) is 9.59 Å². The molecular weight excluding hydrogens is 328 g/mol. The van der Waals surface area contributed by atoms with E-state index in [-0.39, 0.29) is 35.6 Å². The molecule has 0 bridgehead atoms. The summed E-state index contributed by atoms with van der Waals surface area (Å²) in [5, 5.41) is 0. The highest BCUT2D eigenvalue weighted by atomic mass is 16.5. The van der Waals surface area contributed by atoms with Crippen molar-refractivity contribution in [1.29, 1.82) is 0 Å². The molecule has 0 aromatic carbocycles. The minimum atomic E-state index is -0.320. The first-order valence-corrected chi connectivity index (χ1v) is 10.7. The Labute approximate surface area is 159 Å². The number of carbonyl (C=O) groups is 2. The van der Waals surface area contributed by atoms with Crippen LogP contribution in [0.15, 0.2) is 0 Å². The average Bonchev–Trinajstić information content (AvgIpc) is 3.28. The van der Waals surface area contributed by atoms with Crippen LogP contribution in [0.4, 0.5) is 0 Å². The van der Waals surface area contributed by atoms with Gasteiger partial charge in [-0.05, 0) is 49.4 Å². The SMILES string of the molecule is CC(C)COC(=O)C(C1CCCC1)C(C(=O)OCC(C)C)C1CCCC1. The van der Waals surface area contributed by atoms with Crippen molar-refractivity contribution in [2.45, 2.75) is 79.1 Å². The molecule has 0 heterocycles. The van der Waals surface area contributed by atoms with Crippen molar-refractivity contribution in [3.63, 3.8) is 0 Å². The van der Waals surface area contributed by atoms with E-state index in [2.05, 4.69) is 0 Å². The van der Waals surface area contributed by atoms with Crippen LogP contribution >= 0.6 is 0 Å². The van der Waals surface area contributed by atoms with Gasteiger partial charge in [-0.1, -0.05) is 53.4 Å². The summed E-state index contributed by atoms with van der Waals surface area (Å²) < 4.78 is 11.3. The first-order chi connectivity index (χ1) is 12.4. The zero-order valence-electron chi connectivity index (χ0n) is 17.2. The van der Waals surface area contributed by atoms with Gasteiger partial charge in [0.05, 0.1) is 25.0 Å². The minimum absolute atomic E-state index is 0.163. The molecule has 0 radical (unpaired) electrons. The molecule has 0 spiro atoms. The summed E-state index contributed by atoms with van der Waals surface area (Å²) in [5.74, 6) is 0.187. The van der Waals surface area contributed by atoms with E-state index in [4.69, 9.17) is 9.47 Å². The second-order valence-electron chi connectivity index (χ2n) is 9.19. The molecule has 0 aromatic rings. The Morgan fingerprint density at radius 3 is 1.27 bits per heavy atom. The Morgan fingerprint density at radius 2 is 1.00 bits per heavy atom. The van der Waals surface area contributed by atoms with Crippen LogP contribution in [0.3, 0.4) is 0 Å². The normalized spacial score (nSPS) is 21.3. The van der Waals surface area contributed by atoms with Gasteiger partial charge in [-0.15, -0.1) is 0 Å². The van der Waals surface area contributed by atoms with Crippen LogP contribution in [-0.4, -0.2) is 25.2 Å². The standard InChI is InChI=1S/C22H38O4/c1-15(2)13-25-21(23)19(17-9-5-6-10-17)20(18-11-7-8-12-18)22(24)26-14-16(3)4/h15-20H,5-14H2,1-4H3. The van der Waals surface area contributed by atoms with Gasteiger partial charge >= 0.3 is 11.9 Å². The van der Waals surface area contributed by atoms with Gasteiger partial charge in [0.25, 0.3) is 0 Å². The average molecular weight is 367 g/mol. The molecule has 0 saturated heterocycles. The molecule has 0 N–H and O–H groups in total. The lowest BCUT2D eigenvalue weighted by Crippen LogP contribution is -2.41. The topological polar surface area (TPSA) is 52.6 Å². The van der Waals surface area contributed by atoms with E-state index in [1.54, 1.807) is 0 Å². The van der Waals surface area contributed by atoms with Crippen molar-refractivity contribution >= 4 is 11.9 Å². The van der Waals surface area contributed by atoms with E-state index in [0.29, 0.717) is 25.0 Å². The fraction of sp³-hybridized carbons (Fsp3) is 0.909. The van der Waals surface area contributed by atoms with E-state index in [0.717, 1.165) is 51.4 Å². The lowest BCUT2D eigenvalue weighted by atomic mass is 9.73. The molecule has 2 fully saturated rings. The minimum Gasteiger partial charge on any atom is -0.465 e. The van der Waals surface area contributed by atoms with Crippen molar-refractivity contribution in [3.05, 3.63) is 0 Å². The van der Waals surface area contributed by atoms with Crippen LogP contribution in [0.2, 0.25) is 0 Å². The highest BCUT2D eigenvalue weighted by molar-refractivity contribution is 5.82. The quantitative estimate of drug-likeness (QED) is 0.539. The van der Waals surface area contributed by atoms with Gasteiger partial charge in [0.1, 0.15) is 0 Å². The number of carbonyl (C=O) groups excluding carboxylic acids is 2. The van der Waals surface area contributed by atoms with E-state index in [1.807, 2.05) is 27.7 Å². The summed E-state index contributed by atoms with van der Waals surface area (Å²) >= 11 is 0. The van der Waals surface area contributed by atoms with Crippen molar-refractivity contribution in [1.82, 2.24) is 0 Å². The Morgan fingerprint density at radius 1 is 0.692 bits per heavy atom. The van der Waals surface area contributed by atoms with Gasteiger partial charge < -0.3 is 9.47 Å². The predicted octanol–water partition coefficient (Wildman–Crippen LogP) is 5.00. The third-order valence-corrected chi connectivity index (χ3v) is 5.86. The molecule has 150 valence electrons. The summed E-state index contributed by atoms with van der Waals surface area (Å²) in [6.45, 7) is 9.04. The zero-order chi connectivity index (χ0) is 19.1. The summed E-state index contributed by atoms with van der Waals surface area (Å²) in [6, 6.07) is 0. The maximum atomic E-state index is 13.0. The van der Waals surface area contributed by atoms with Gasteiger partial charge in [-0.25, -0.2) is 0 Å². The zero-order valence-corrected chi connectivity index (χ0v) is 17.2. The first kappa shape index (κ1) is 21.2. The monoisotopic (exact) mass is 366 g/mol. The number of hydrogen-bond donors (Lipinski definition) is 0. The van der Waals surface area contributed by atoms with Crippen LogP contribution in [0.1, 0.15) is 79.1 Å². The molecule has 4 heteroatoms. The Balaban J connectivity index is 2.20. The van der Waals surface area contributed by atoms with Gasteiger partial charge in [-0.2, -0.15) is 0 Å². The molecule has 2 atom stereocenters. The van der Waals surface area contributed by atoms with Crippen LogP contribution in [0, 0.1) is 35.5 Å². The van der Waals surface area contributed by atoms with Crippen LogP contribution in [0.5, 0.6) is 0 Å². The van der Waals surface area contributed by atoms with Gasteiger partial charge in [0.2, 0.25) is 0 Å². The lowest BCUT2D eigenvalue weighted by molar-refractivity contribution is -0.167. The predicted molar refractivity (Wildman–Crippen MR) is 102 cm³/mol. The molecule has 0 aromatic heterocycles. The molecule has 2 rings (SSSR count). The molecule has 2 aliphatic rings. The first-order valence-electron chi connectivity index (χ1n) is 10.7. The van der Waals surface area contributed by atoms with Gasteiger partial charge in [0.15, 0.2) is 0 Å². The molecule has 2 saturated carbocycles. The maximum absolute atomic E-state index is 13.0. The molecule has 2 aliphatic carbocycles. The van der Waals surface area contributed by atoms with Crippen molar-refractivity contribution < 1.29 is 19.1 Å². The highest BCUT2D eigenvalue weighted by Gasteiger charge is 2.46. The Bertz CT molecular complexity index is 403. The van der Waals surface area contributed by atoms with Crippen LogP contribution < -0.4 is 0 Å². The lowest BCUT2D eigenvalue weighted by Gasteiger charge is -2.32. The fourth-order valence-electron chi connectivity index (χ4n) is 4.59. The largest absolute Gasteiger partial charge is 0.465 e. The van der Waals surface area contributed by atoms with Gasteiger partial charge in [-0.3, -0.25) is 9.59 Å². The maximum Gasteiger partial charge on any atom is 0.310 e. The number of hydrogen-bond acceptors (Lipinski definition) is 4. The Hall–Kier alpha value is -1.06. The summed E-state index contributed by atoms with van der Waals surface area (Å²) in [4.78, 5) is 26.1. The molecule has 0 aliphatic heterocycles. The van der Waals surface area contributed by atoms with E-state index < -0.39 is 0 Å².